The average Bonchev–Trinajstić information content (AvgIpc) is 2.31. The van der Waals surface area contributed by atoms with Gasteiger partial charge in [-0.05, 0) is 81.6 Å². The van der Waals surface area contributed by atoms with E-state index in [4.69, 9.17) is 0 Å². The van der Waals surface area contributed by atoms with Gasteiger partial charge in [0.05, 0.1) is 7.14 Å². The number of rotatable bonds is 0. The Bertz CT molecular complexity index is 518. The third-order valence-corrected chi connectivity index (χ3v) is 7.05. The minimum absolute atomic E-state index is 0.832. The van der Waals surface area contributed by atoms with Crippen LogP contribution in [0.5, 0.6) is 0 Å². The minimum Gasteiger partial charge on any atom is -0.275 e. The minimum atomic E-state index is 0.832. The van der Waals surface area contributed by atoms with Gasteiger partial charge in [0.1, 0.15) is 15.3 Å². The highest BCUT2D eigenvalue weighted by atomic mass is 127. The van der Waals surface area contributed by atoms with Gasteiger partial charge in [-0.15, -0.1) is 0 Å². The molecule has 0 saturated heterocycles. The average molecular weight is 525 g/mol. The third-order valence-electron chi connectivity index (χ3n) is 1.89. The van der Waals surface area contributed by atoms with Crippen LogP contribution in [0.2, 0.25) is 0 Å². The van der Waals surface area contributed by atoms with Crippen LogP contribution in [0.4, 0.5) is 0 Å². The molecule has 2 heterocycles. The van der Waals surface area contributed by atoms with Crippen LogP contribution in [0.1, 0.15) is 11.6 Å². The number of halogens is 3. The summed E-state index contributed by atoms with van der Waals surface area (Å²) in [6, 6.07) is 0. The topological polar surface area (TPSA) is 30.2 Å². The molecule has 2 rings (SSSR count). The monoisotopic (exact) mass is 525 g/mol. The molecular formula is C8H6I3N3. The van der Waals surface area contributed by atoms with Gasteiger partial charge in [-0.3, -0.25) is 4.40 Å². The first kappa shape index (κ1) is 11.3. The predicted octanol–water partition coefficient (Wildman–Crippen LogP) is 3.16. The third kappa shape index (κ3) is 1.66. The first-order valence-electron chi connectivity index (χ1n) is 3.88. The van der Waals surface area contributed by atoms with Crippen LogP contribution in [0.3, 0.4) is 0 Å². The Hall–Kier alpha value is 0.810. The van der Waals surface area contributed by atoms with Crippen molar-refractivity contribution in [2.45, 2.75) is 13.8 Å². The highest BCUT2D eigenvalue weighted by molar-refractivity contribution is 14.1. The molecule has 0 spiro atoms. The Balaban J connectivity index is 3.02. The zero-order valence-corrected chi connectivity index (χ0v) is 13.9. The summed E-state index contributed by atoms with van der Waals surface area (Å²) in [5, 5.41) is 0. The van der Waals surface area contributed by atoms with Crippen molar-refractivity contribution < 1.29 is 0 Å². The summed E-state index contributed by atoms with van der Waals surface area (Å²) < 4.78 is 5.75. The van der Waals surface area contributed by atoms with E-state index in [9.17, 15) is 0 Å². The lowest BCUT2D eigenvalue weighted by Gasteiger charge is -2.01. The lowest BCUT2D eigenvalue weighted by molar-refractivity contribution is 0.891. The van der Waals surface area contributed by atoms with Gasteiger partial charge >= 0.3 is 0 Å². The second-order valence-electron chi connectivity index (χ2n) is 2.90. The fraction of sp³-hybridized carbons (Fsp3) is 0.250. The molecular weight excluding hydrogens is 519 g/mol. The summed E-state index contributed by atoms with van der Waals surface area (Å²) in [6.07, 6.45) is 0. The molecule has 3 nitrogen and oxygen atoms in total. The second kappa shape index (κ2) is 4.00. The van der Waals surface area contributed by atoms with Gasteiger partial charge in [0.15, 0.2) is 5.65 Å². The summed E-state index contributed by atoms with van der Waals surface area (Å²) >= 11 is 7.01. The number of aromatic nitrogens is 3. The van der Waals surface area contributed by atoms with E-state index in [2.05, 4.69) is 82.1 Å². The molecule has 0 saturated carbocycles. The molecule has 74 valence electrons. The van der Waals surface area contributed by atoms with Crippen LogP contribution in [-0.2, 0) is 0 Å². The summed E-state index contributed by atoms with van der Waals surface area (Å²) in [6.45, 7) is 3.94. The van der Waals surface area contributed by atoms with Gasteiger partial charge in [0, 0.05) is 0 Å². The van der Waals surface area contributed by atoms with Crippen LogP contribution in [0.15, 0.2) is 0 Å². The molecule has 14 heavy (non-hydrogen) atoms. The summed E-state index contributed by atoms with van der Waals surface area (Å²) in [5.74, 6) is 1.83. The molecule has 0 N–H and O–H groups in total. The number of hydrogen-bond acceptors (Lipinski definition) is 2. The van der Waals surface area contributed by atoms with Crippen molar-refractivity contribution in [3.63, 3.8) is 0 Å². The molecule has 2 aromatic rings. The molecule has 0 unspecified atom stereocenters. The van der Waals surface area contributed by atoms with Gasteiger partial charge in [-0.2, -0.15) is 0 Å². The van der Waals surface area contributed by atoms with Crippen LogP contribution in [0, 0.1) is 24.7 Å². The van der Waals surface area contributed by atoms with Crippen molar-refractivity contribution in [3.8, 4) is 0 Å². The quantitative estimate of drug-likeness (QED) is 0.496. The Morgan fingerprint density at radius 1 is 1.00 bits per heavy atom. The summed E-state index contributed by atoms with van der Waals surface area (Å²) in [5.41, 5.74) is 1.02. The van der Waals surface area contributed by atoms with Crippen molar-refractivity contribution in [2.75, 3.05) is 0 Å². The smallest absolute Gasteiger partial charge is 0.155 e. The Kier molecular flexibility index (Phi) is 3.23. The van der Waals surface area contributed by atoms with Crippen LogP contribution < -0.4 is 0 Å². The highest BCUT2D eigenvalue weighted by Gasteiger charge is 2.15. The standard InChI is InChI=1S/C8H6I3N3/c1-3-12-4(2)14-7(11)5(9)6(10)8(14)13-3/h1-2H3. The van der Waals surface area contributed by atoms with Gasteiger partial charge in [-0.1, -0.05) is 0 Å². The van der Waals surface area contributed by atoms with E-state index in [0.717, 1.165) is 17.3 Å². The van der Waals surface area contributed by atoms with Crippen molar-refractivity contribution >= 4 is 73.4 Å². The van der Waals surface area contributed by atoms with Gasteiger partial charge in [0.25, 0.3) is 0 Å². The van der Waals surface area contributed by atoms with Crippen LogP contribution >= 0.6 is 67.8 Å². The first-order chi connectivity index (χ1) is 6.52. The molecule has 0 amide bonds. The van der Waals surface area contributed by atoms with E-state index < -0.39 is 0 Å². The second-order valence-corrected chi connectivity index (χ2v) is 6.08. The molecule has 6 heteroatoms. The normalized spacial score (nSPS) is 11.2. The summed E-state index contributed by atoms with van der Waals surface area (Å²) in [7, 11) is 0. The van der Waals surface area contributed by atoms with E-state index >= 15 is 0 Å². The fourth-order valence-corrected chi connectivity index (χ4v) is 3.80. The Morgan fingerprint density at radius 3 is 2.29 bits per heavy atom. The number of nitrogens with zero attached hydrogens (tertiary/aromatic N) is 3. The van der Waals surface area contributed by atoms with Crippen molar-refractivity contribution in [3.05, 3.63) is 22.5 Å². The maximum Gasteiger partial charge on any atom is 0.155 e. The van der Waals surface area contributed by atoms with Crippen molar-refractivity contribution in [1.29, 1.82) is 0 Å². The lowest BCUT2D eigenvalue weighted by atomic mass is 10.6. The maximum atomic E-state index is 4.45. The first-order valence-corrected chi connectivity index (χ1v) is 7.12. The number of aryl methyl sites for hydroxylation is 2. The Labute approximate surface area is 123 Å². The molecule has 0 aliphatic rings. The van der Waals surface area contributed by atoms with Gasteiger partial charge in [-0.25, -0.2) is 9.97 Å². The van der Waals surface area contributed by atoms with Gasteiger partial charge < -0.3 is 0 Å². The Morgan fingerprint density at radius 2 is 1.64 bits per heavy atom. The molecule has 0 atom stereocenters. The number of fused-ring (bicyclic) bond motifs is 1. The molecule has 0 aliphatic carbocycles. The van der Waals surface area contributed by atoms with E-state index in [-0.39, 0.29) is 0 Å². The molecule has 0 fully saturated rings. The van der Waals surface area contributed by atoms with Gasteiger partial charge in [0.2, 0.25) is 0 Å². The largest absolute Gasteiger partial charge is 0.275 e. The molecule has 0 bridgehead atoms. The van der Waals surface area contributed by atoms with Crippen molar-refractivity contribution in [2.24, 2.45) is 0 Å². The van der Waals surface area contributed by atoms with Crippen LogP contribution in [-0.4, -0.2) is 14.4 Å². The lowest BCUT2D eigenvalue weighted by Crippen LogP contribution is -2.02. The zero-order chi connectivity index (χ0) is 10.5. The summed E-state index contributed by atoms with van der Waals surface area (Å²) in [4.78, 5) is 8.81. The van der Waals surface area contributed by atoms with Crippen LogP contribution in [0.25, 0.3) is 5.65 Å². The molecule has 0 radical (unpaired) electrons. The zero-order valence-electron chi connectivity index (χ0n) is 7.48. The van der Waals surface area contributed by atoms with Crippen molar-refractivity contribution in [1.82, 2.24) is 14.4 Å². The highest BCUT2D eigenvalue weighted by Crippen LogP contribution is 2.27. The van der Waals surface area contributed by atoms with E-state index in [1.807, 2.05) is 13.8 Å². The van der Waals surface area contributed by atoms with E-state index in [1.54, 1.807) is 0 Å². The molecule has 0 aliphatic heterocycles. The molecule has 2 aromatic heterocycles. The number of hydrogen-bond donors (Lipinski definition) is 0. The van der Waals surface area contributed by atoms with E-state index in [0.29, 0.717) is 0 Å². The predicted molar refractivity (Wildman–Crippen MR) is 80.6 cm³/mol. The fourth-order valence-electron chi connectivity index (χ4n) is 1.33. The maximum absolute atomic E-state index is 4.45. The molecule has 0 aromatic carbocycles. The van der Waals surface area contributed by atoms with E-state index in [1.165, 1.54) is 10.8 Å². The SMILES string of the molecule is Cc1nc(C)n2c(I)c(I)c(I)c2n1.